The summed E-state index contributed by atoms with van der Waals surface area (Å²) in [6.45, 7) is 4.34. The first-order chi connectivity index (χ1) is 20.8. The van der Waals surface area contributed by atoms with E-state index in [0.29, 0.717) is 49.6 Å². The second-order valence-electron chi connectivity index (χ2n) is 11.2. The highest BCUT2D eigenvalue weighted by Crippen LogP contribution is 2.30. The number of carbonyl (C=O) groups is 2. The number of unbranched alkanes of at least 4 members (excludes halogenated alkanes) is 15. The minimum Gasteiger partial charge on any atom is -0.493 e. The number of nitrogens with zero attached hydrogens (tertiary/aromatic N) is 1. The van der Waals surface area contributed by atoms with Crippen molar-refractivity contribution in [2.24, 2.45) is 0 Å². The first kappa shape index (κ1) is 38.8. The van der Waals surface area contributed by atoms with E-state index in [1.807, 2.05) is 0 Å². The molecule has 1 rings (SSSR count). The Morgan fingerprint density at radius 3 is 1.49 bits per heavy atom. The van der Waals surface area contributed by atoms with Gasteiger partial charge in [-0.1, -0.05) is 103 Å². The summed E-state index contributed by atoms with van der Waals surface area (Å²) < 4.78 is 28.7. The van der Waals surface area contributed by atoms with Gasteiger partial charge in [0.1, 0.15) is 24.6 Å². The lowest BCUT2D eigenvalue weighted by atomic mass is 10.0. The van der Waals surface area contributed by atoms with Crippen molar-refractivity contribution >= 4 is 25.7 Å². The van der Waals surface area contributed by atoms with E-state index in [2.05, 4.69) is 6.92 Å². The molecule has 0 aliphatic heterocycles. The normalized spacial score (nSPS) is 11.8. The molecule has 0 heterocycles. The van der Waals surface area contributed by atoms with E-state index in [0.717, 1.165) is 12.8 Å². The predicted molar refractivity (Wildman–Crippen MR) is 175 cm³/mol. The number of benzene rings is 1. The van der Waals surface area contributed by atoms with Gasteiger partial charge in [0, 0.05) is 30.0 Å². The zero-order valence-corrected chi connectivity index (χ0v) is 27.8. The number of carboxylic acid groups (broad SMARTS) is 2. The molecule has 1 unspecified atom stereocenters. The third-order valence-electron chi connectivity index (χ3n) is 7.25. The highest BCUT2D eigenvalue weighted by molar-refractivity contribution is 7.39. The standard InChI is InChI=1S/C33H58NO8P/c1-3-5-6-7-8-9-10-11-12-13-14-15-16-17-18-19-21-40-30-24-29(34(27-32(35)36)28-33(37)38)25-31(26-30)41-22-20-23-43(39)42-4-2/h24-26,43H,3-23,27-28H2,1-2H3,(H,35,36)(H,37,38). The third kappa shape index (κ3) is 22.0. The van der Waals surface area contributed by atoms with E-state index in [-0.39, 0.29) is 0 Å². The lowest BCUT2D eigenvalue weighted by Gasteiger charge is -2.22. The van der Waals surface area contributed by atoms with E-state index in [4.69, 9.17) is 14.0 Å². The SMILES string of the molecule is CCCCCCCCCCCCCCCCCCOc1cc(OCCC[PH](=O)OCC)cc(N(CC(=O)O)CC(=O)O)c1. The van der Waals surface area contributed by atoms with Gasteiger partial charge in [0.15, 0.2) is 8.03 Å². The molecule has 10 heteroatoms. The van der Waals surface area contributed by atoms with Gasteiger partial charge in [-0.2, -0.15) is 0 Å². The Morgan fingerprint density at radius 2 is 1.07 bits per heavy atom. The van der Waals surface area contributed by atoms with Gasteiger partial charge in [-0.3, -0.25) is 14.2 Å². The van der Waals surface area contributed by atoms with Crippen LogP contribution < -0.4 is 14.4 Å². The zero-order chi connectivity index (χ0) is 31.5. The van der Waals surface area contributed by atoms with Crippen LogP contribution in [0.4, 0.5) is 5.69 Å². The molecular formula is C33H58NO8P. The number of aliphatic carboxylic acids is 2. The minimum absolute atomic E-state index is 0.295. The average Bonchev–Trinajstić information content (AvgIpc) is 2.96. The van der Waals surface area contributed by atoms with Crippen molar-refractivity contribution < 1.29 is 38.4 Å². The second-order valence-corrected chi connectivity index (χ2v) is 12.7. The topological polar surface area (TPSA) is 123 Å². The summed E-state index contributed by atoms with van der Waals surface area (Å²) in [5, 5.41) is 18.6. The zero-order valence-electron chi connectivity index (χ0n) is 26.8. The van der Waals surface area contributed by atoms with Gasteiger partial charge in [0.2, 0.25) is 0 Å². The van der Waals surface area contributed by atoms with Crippen LogP contribution in [0.1, 0.15) is 123 Å². The van der Waals surface area contributed by atoms with Gasteiger partial charge in [-0.25, -0.2) is 0 Å². The Kier molecular flexibility index (Phi) is 23.6. The predicted octanol–water partition coefficient (Wildman–Crippen LogP) is 8.58. The van der Waals surface area contributed by atoms with Crippen molar-refractivity contribution in [3.05, 3.63) is 18.2 Å². The van der Waals surface area contributed by atoms with Crippen molar-refractivity contribution in [2.75, 3.05) is 44.0 Å². The first-order valence-corrected chi connectivity index (χ1v) is 18.1. The smallest absolute Gasteiger partial charge is 0.323 e. The van der Waals surface area contributed by atoms with Crippen molar-refractivity contribution in [3.8, 4) is 11.5 Å². The molecule has 1 aromatic rings. The summed E-state index contributed by atoms with van der Waals surface area (Å²) in [5.41, 5.74) is 0.396. The van der Waals surface area contributed by atoms with Crippen molar-refractivity contribution in [1.82, 2.24) is 0 Å². The van der Waals surface area contributed by atoms with E-state index >= 15 is 0 Å². The molecule has 0 aromatic heterocycles. The maximum atomic E-state index is 11.8. The van der Waals surface area contributed by atoms with Crippen molar-refractivity contribution in [2.45, 2.75) is 123 Å². The van der Waals surface area contributed by atoms with Gasteiger partial charge >= 0.3 is 11.9 Å². The number of ether oxygens (including phenoxy) is 2. The molecule has 0 aliphatic carbocycles. The fourth-order valence-corrected chi connectivity index (χ4v) is 5.85. The fourth-order valence-electron chi connectivity index (χ4n) is 4.95. The molecule has 0 saturated heterocycles. The van der Waals surface area contributed by atoms with Gasteiger partial charge in [-0.15, -0.1) is 0 Å². The van der Waals surface area contributed by atoms with Crippen LogP contribution in [-0.2, 0) is 18.7 Å². The van der Waals surface area contributed by atoms with Crippen LogP contribution in [0, 0.1) is 0 Å². The van der Waals surface area contributed by atoms with E-state index < -0.39 is 33.1 Å². The van der Waals surface area contributed by atoms with Crippen LogP contribution in [0.3, 0.4) is 0 Å². The molecule has 248 valence electrons. The van der Waals surface area contributed by atoms with E-state index in [1.165, 1.54) is 94.8 Å². The Labute approximate surface area is 260 Å². The molecule has 9 nitrogen and oxygen atoms in total. The molecule has 0 saturated carbocycles. The van der Waals surface area contributed by atoms with Crippen LogP contribution in [0.5, 0.6) is 11.5 Å². The van der Waals surface area contributed by atoms with Gasteiger partial charge in [0.25, 0.3) is 0 Å². The number of hydrogen-bond acceptors (Lipinski definition) is 7. The van der Waals surface area contributed by atoms with Gasteiger partial charge in [0.05, 0.1) is 19.8 Å². The Bertz CT molecular complexity index is 882. The molecule has 2 N–H and O–H groups in total. The molecular weight excluding hydrogens is 569 g/mol. The quantitative estimate of drug-likeness (QED) is 0.0638. The van der Waals surface area contributed by atoms with Crippen LogP contribution in [0.25, 0.3) is 0 Å². The lowest BCUT2D eigenvalue weighted by molar-refractivity contribution is -0.136. The Hall–Kier alpha value is -2.25. The monoisotopic (exact) mass is 627 g/mol. The largest absolute Gasteiger partial charge is 0.493 e. The Morgan fingerprint density at radius 1 is 0.651 bits per heavy atom. The molecule has 0 fully saturated rings. The van der Waals surface area contributed by atoms with Gasteiger partial charge < -0.3 is 29.1 Å². The summed E-state index contributed by atoms with van der Waals surface area (Å²) in [6.07, 6.45) is 21.7. The van der Waals surface area contributed by atoms with Crippen molar-refractivity contribution in [1.29, 1.82) is 0 Å². The number of rotatable bonds is 30. The maximum absolute atomic E-state index is 11.8. The summed E-state index contributed by atoms with van der Waals surface area (Å²) in [5.74, 6) is -1.33. The first-order valence-electron chi connectivity index (χ1n) is 16.6. The molecule has 0 spiro atoms. The molecule has 1 aromatic carbocycles. The molecule has 0 amide bonds. The van der Waals surface area contributed by atoms with E-state index in [9.17, 15) is 24.4 Å². The van der Waals surface area contributed by atoms with Gasteiger partial charge in [-0.05, 0) is 19.8 Å². The minimum atomic E-state index is -2.08. The Balaban J connectivity index is 2.41. The summed E-state index contributed by atoms with van der Waals surface area (Å²) in [7, 11) is -2.08. The summed E-state index contributed by atoms with van der Waals surface area (Å²) in [6, 6.07) is 4.99. The molecule has 0 radical (unpaired) electrons. The highest BCUT2D eigenvalue weighted by atomic mass is 31.1. The molecule has 1 atom stereocenters. The van der Waals surface area contributed by atoms with Crippen molar-refractivity contribution in [3.63, 3.8) is 0 Å². The number of hydrogen-bond donors (Lipinski definition) is 2. The van der Waals surface area contributed by atoms with Crippen LogP contribution in [-0.4, -0.2) is 61.2 Å². The van der Waals surface area contributed by atoms with E-state index in [1.54, 1.807) is 25.1 Å². The van der Waals surface area contributed by atoms with Crippen LogP contribution >= 0.6 is 8.03 Å². The summed E-state index contributed by atoms with van der Waals surface area (Å²) >= 11 is 0. The van der Waals surface area contributed by atoms with Crippen LogP contribution in [0.2, 0.25) is 0 Å². The number of anilines is 1. The number of carboxylic acids is 2. The maximum Gasteiger partial charge on any atom is 0.323 e. The molecule has 0 aliphatic rings. The van der Waals surface area contributed by atoms with Crippen LogP contribution in [0.15, 0.2) is 18.2 Å². The third-order valence-corrected chi connectivity index (χ3v) is 8.62. The summed E-state index contributed by atoms with van der Waals surface area (Å²) in [4.78, 5) is 24.0. The lowest BCUT2D eigenvalue weighted by Crippen LogP contribution is -2.34. The molecule has 0 bridgehead atoms. The highest BCUT2D eigenvalue weighted by Gasteiger charge is 2.17. The second kappa shape index (κ2) is 26.2. The fraction of sp³-hybridized carbons (Fsp3) is 0.758. The average molecular weight is 628 g/mol. The molecule has 43 heavy (non-hydrogen) atoms.